The summed E-state index contributed by atoms with van der Waals surface area (Å²) in [4.78, 5) is 0.694. The first kappa shape index (κ1) is 16.5. The zero-order chi connectivity index (χ0) is 10.1. The van der Waals surface area contributed by atoms with Gasteiger partial charge in [-0.3, -0.25) is 5.21 Å². The standard InChI is InChI=1S/C9H20N2O2.Na/c1-3-4-5-6-7-8-10(2)11(13)9-12;/h9,13H,3-8H2,1-2H3;/q;+1/p+1. The molecule has 78 valence electrons. The van der Waals surface area contributed by atoms with Crippen molar-refractivity contribution >= 4 is 6.40 Å². The van der Waals surface area contributed by atoms with Crippen LogP contribution in [0.4, 0.5) is 0 Å². The third-order valence-corrected chi connectivity index (χ3v) is 2.04. The molecule has 0 unspecified atom stereocenters. The average Bonchev–Trinajstić information content (AvgIpc) is 2.16. The van der Waals surface area contributed by atoms with Crippen LogP contribution in [0.3, 0.4) is 0 Å². The molecule has 0 saturated carbocycles. The van der Waals surface area contributed by atoms with Crippen LogP contribution in [0.5, 0.6) is 0 Å². The summed E-state index contributed by atoms with van der Waals surface area (Å²) in [6.07, 6.45) is 6.63. The van der Waals surface area contributed by atoms with Crippen molar-refractivity contribution in [2.75, 3.05) is 13.6 Å². The Morgan fingerprint density at radius 1 is 1.21 bits per heavy atom. The molecule has 0 spiro atoms. The molecule has 0 atom stereocenters. The van der Waals surface area contributed by atoms with Crippen molar-refractivity contribution in [1.82, 2.24) is 5.01 Å². The van der Waals surface area contributed by atoms with E-state index in [4.69, 9.17) is 10.3 Å². The Morgan fingerprint density at radius 3 is 2.29 bits per heavy atom. The Bertz CT molecular complexity index is 154. The van der Waals surface area contributed by atoms with Gasteiger partial charge in [-0.15, -0.1) is 5.01 Å². The van der Waals surface area contributed by atoms with Gasteiger partial charge in [-0.25, -0.2) is 0 Å². The van der Waals surface area contributed by atoms with Crippen LogP contribution < -0.4 is 29.6 Å². The van der Waals surface area contributed by atoms with Crippen molar-refractivity contribution in [2.45, 2.75) is 39.0 Å². The molecule has 0 rings (SSSR count). The van der Waals surface area contributed by atoms with Gasteiger partial charge in [-0.2, -0.15) is 0 Å². The summed E-state index contributed by atoms with van der Waals surface area (Å²) in [5.41, 5.74) is 0. The summed E-state index contributed by atoms with van der Waals surface area (Å²) in [5.74, 6) is 0. The topological polar surface area (TPSA) is 46.7 Å². The molecular weight excluding hydrogens is 191 g/mol. The van der Waals surface area contributed by atoms with Crippen LogP contribution in [0.15, 0.2) is 0 Å². The van der Waals surface area contributed by atoms with Crippen LogP contribution in [0.1, 0.15) is 39.0 Å². The second-order valence-electron chi connectivity index (χ2n) is 3.23. The Morgan fingerprint density at radius 2 is 1.79 bits per heavy atom. The number of hydrogen-bond donors (Lipinski definition) is 2. The molecule has 0 aromatic carbocycles. The van der Waals surface area contributed by atoms with Gasteiger partial charge in [0.15, 0.2) is 0 Å². The molecule has 0 saturated heterocycles. The summed E-state index contributed by atoms with van der Waals surface area (Å²) in [6.45, 7) is 2.94. The summed E-state index contributed by atoms with van der Waals surface area (Å²) >= 11 is 0. The van der Waals surface area contributed by atoms with Crippen molar-refractivity contribution in [2.24, 2.45) is 0 Å². The summed E-state index contributed by atoms with van der Waals surface area (Å²) in [5, 5.41) is 19.0. The van der Waals surface area contributed by atoms with E-state index >= 15 is 0 Å². The quantitative estimate of drug-likeness (QED) is 0.106. The van der Waals surface area contributed by atoms with Crippen LogP contribution in [0.25, 0.3) is 0 Å². The van der Waals surface area contributed by atoms with Crippen LogP contribution in [0.2, 0.25) is 0 Å². The first-order chi connectivity index (χ1) is 6.22. The second kappa shape index (κ2) is 11.1. The predicted molar refractivity (Wildman–Crippen MR) is 52.1 cm³/mol. The van der Waals surface area contributed by atoms with Gasteiger partial charge in [-0.1, -0.05) is 32.6 Å². The van der Waals surface area contributed by atoms with Gasteiger partial charge in [0.1, 0.15) is 4.85 Å². The Kier molecular flexibility index (Phi) is 13.1. The average molecular weight is 212 g/mol. The van der Waals surface area contributed by atoms with Gasteiger partial charge >= 0.3 is 36.0 Å². The SMILES string of the molecule is CCCCCCCN(C)[N+](O)=CO.[Na+]. The van der Waals surface area contributed by atoms with E-state index in [1.54, 1.807) is 12.1 Å². The van der Waals surface area contributed by atoms with Gasteiger partial charge in [0.25, 0.3) is 0 Å². The van der Waals surface area contributed by atoms with Gasteiger partial charge in [0.2, 0.25) is 0 Å². The predicted octanol–water partition coefficient (Wildman–Crippen LogP) is -1.20. The Hall–Kier alpha value is 0.0700. The van der Waals surface area contributed by atoms with E-state index in [0.717, 1.165) is 13.0 Å². The van der Waals surface area contributed by atoms with Gasteiger partial charge in [0.05, 0.1) is 13.6 Å². The normalized spacial score (nSPS) is 10.9. The molecule has 0 aliphatic carbocycles. The molecule has 5 heteroatoms. The van der Waals surface area contributed by atoms with Crippen molar-refractivity contribution in [1.29, 1.82) is 0 Å². The van der Waals surface area contributed by atoms with Crippen LogP contribution in [-0.4, -0.2) is 40.2 Å². The smallest absolute Gasteiger partial charge is 0.460 e. The third kappa shape index (κ3) is 8.66. The monoisotopic (exact) mass is 212 g/mol. The number of hydrazine groups is 1. The van der Waals surface area contributed by atoms with Gasteiger partial charge in [0, 0.05) is 0 Å². The third-order valence-electron chi connectivity index (χ3n) is 2.04. The molecule has 2 N–H and O–H groups in total. The molecule has 0 aliphatic heterocycles. The molecule has 0 radical (unpaired) electrons. The van der Waals surface area contributed by atoms with E-state index in [1.165, 1.54) is 25.7 Å². The molecular formula is C9H21N2NaO2+2. The molecule has 0 amide bonds. The molecule has 0 heterocycles. The number of hydrazone groups is 1. The van der Waals surface area contributed by atoms with E-state index in [1.807, 2.05) is 0 Å². The van der Waals surface area contributed by atoms with E-state index in [9.17, 15) is 0 Å². The number of aliphatic hydroxyl groups excluding tert-OH is 1. The van der Waals surface area contributed by atoms with Crippen LogP contribution in [0, 0.1) is 0 Å². The van der Waals surface area contributed by atoms with Crippen LogP contribution >= 0.6 is 0 Å². The fourth-order valence-electron chi connectivity index (χ4n) is 1.13. The zero-order valence-electron chi connectivity index (χ0n) is 9.61. The van der Waals surface area contributed by atoms with E-state index in [0.29, 0.717) is 11.2 Å². The number of rotatable bonds is 7. The summed E-state index contributed by atoms with van der Waals surface area (Å²) in [6, 6.07) is 0. The van der Waals surface area contributed by atoms with Gasteiger partial charge < -0.3 is 5.11 Å². The molecule has 0 aromatic rings. The first-order valence-corrected chi connectivity index (χ1v) is 4.89. The molecule has 0 aliphatic rings. The number of nitrogens with zero attached hydrogens (tertiary/aromatic N) is 2. The maximum atomic E-state index is 8.98. The number of unbranched alkanes of at least 4 members (excludes halogenated alkanes) is 4. The number of hydrogen-bond acceptors (Lipinski definition) is 2. The van der Waals surface area contributed by atoms with E-state index in [-0.39, 0.29) is 29.6 Å². The van der Waals surface area contributed by atoms with E-state index < -0.39 is 0 Å². The summed E-state index contributed by atoms with van der Waals surface area (Å²) < 4.78 is 0. The summed E-state index contributed by atoms with van der Waals surface area (Å²) in [7, 11) is 1.73. The van der Waals surface area contributed by atoms with Crippen LogP contribution in [-0.2, 0) is 0 Å². The fraction of sp³-hybridized carbons (Fsp3) is 0.889. The first-order valence-electron chi connectivity index (χ1n) is 4.89. The minimum atomic E-state index is 0. The van der Waals surface area contributed by atoms with Crippen molar-refractivity contribution in [3.05, 3.63) is 0 Å². The zero-order valence-corrected chi connectivity index (χ0v) is 11.6. The molecule has 0 fully saturated rings. The molecule has 0 aromatic heterocycles. The molecule has 14 heavy (non-hydrogen) atoms. The van der Waals surface area contributed by atoms with Crippen molar-refractivity contribution < 1.29 is 44.7 Å². The Balaban J connectivity index is 0. The fourth-order valence-corrected chi connectivity index (χ4v) is 1.13. The minimum Gasteiger partial charge on any atom is -0.460 e. The largest absolute Gasteiger partial charge is 1.00 e. The second-order valence-corrected chi connectivity index (χ2v) is 3.23. The number of aliphatic hydroxyl groups is 1. The maximum absolute atomic E-state index is 8.98. The maximum Gasteiger partial charge on any atom is 1.00 e. The molecule has 4 nitrogen and oxygen atoms in total. The van der Waals surface area contributed by atoms with Crippen molar-refractivity contribution in [3.63, 3.8) is 0 Å². The van der Waals surface area contributed by atoms with Crippen molar-refractivity contribution in [3.8, 4) is 0 Å². The van der Waals surface area contributed by atoms with Gasteiger partial charge in [-0.05, 0) is 6.42 Å². The Labute approximate surface area is 108 Å². The van der Waals surface area contributed by atoms with E-state index in [2.05, 4.69) is 6.92 Å². The minimum absolute atomic E-state index is 0. The molecule has 0 bridgehead atoms.